The summed E-state index contributed by atoms with van der Waals surface area (Å²) in [5, 5.41) is 3.75. The summed E-state index contributed by atoms with van der Waals surface area (Å²) < 4.78 is 0. The number of carbonyl (C=O) groups excluding carboxylic acids is 1. The van der Waals surface area contributed by atoms with Gasteiger partial charge in [-0.25, -0.2) is 0 Å². The molecular formula is C20H24ClNOS2. The molecule has 2 aromatic carbocycles. The second-order valence-electron chi connectivity index (χ2n) is 5.79. The Kier molecular flexibility index (Phi) is 9.30. The Hall–Kier alpha value is -1.10. The maximum Gasteiger partial charge on any atom is 0.220 e. The van der Waals surface area contributed by atoms with Crippen molar-refractivity contribution in [3.05, 3.63) is 64.7 Å². The van der Waals surface area contributed by atoms with E-state index >= 15 is 0 Å². The third-order valence-corrected chi connectivity index (χ3v) is 5.97. The second-order valence-corrected chi connectivity index (χ2v) is 8.50. The molecule has 0 aliphatic rings. The van der Waals surface area contributed by atoms with E-state index in [2.05, 4.69) is 36.5 Å². The van der Waals surface area contributed by atoms with Gasteiger partial charge in [-0.15, -0.1) is 11.8 Å². The lowest BCUT2D eigenvalue weighted by Gasteiger charge is -2.06. The molecule has 5 heteroatoms. The van der Waals surface area contributed by atoms with Crippen molar-refractivity contribution < 1.29 is 4.79 Å². The van der Waals surface area contributed by atoms with Crippen molar-refractivity contribution in [3.63, 3.8) is 0 Å². The highest BCUT2D eigenvalue weighted by Gasteiger charge is 2.02. The Morgan fingerprint density at radius 2 is 1.76 bits per heavy atom. The first kappa shape index (κ1) is 20.2. The van der Waals surface area contributed by atoms with Crippen molar-refractivity contribution in [2.75, 3.05) is 18.1 Å². The van der Waals surface area contributed by atoms with E-state index in [4.69, 9.17) is 11.6 Å². The minimum Gasteiger partial charge on any atom is -0.355 e. The van der Waals surface area contributed by atoms with Gasteiger partial charge in [-0.3, -0.25) is 4.79 Å². The van der Waals surface area contributed by atoms with E-state index in [1.54, 1.807) is 11.8 Å². The molecular weight excluding hydrogens is 370 g/mol. The molecule has 1 amide bonds. The van der Waals surface area contributed by atoms with Gasteiger partial charge in [0.05, 0.1) is 0 Å². The topological polar surface area (TPSA) is 29.1 Å². The summed E-state index contributed by atoms with van der Waals surface area (Å²) in [6.07, 6.45) is 1.47. The molecule has 0 aromatic heterocycles. The SMILES string of the molecule is Cc1ccc(CSCCNC(=O)CCCSc2ccc(Cl)cc2)cc1. The number of benzene rings is 2. The second kappa shape index (κ2) is 11.5. The highest BCUT2D eigenvalue weighted by atomic mass is 35.5. The summed E-state index contributed by atoms with van der Waals surface area (Å²) in [5.74, 6) is 3.03. The van der Waals surface area contributed by atoms with Crippen LogP contribution in [0.4, 0.5) is 0 Å². The summed E-state index contributed by atoms with van der Waals surface area (Å²) in [4.78, 5) is 13.0. The van der Waals surface area contributed by atoms with Gasteiger partial charge in [0.2, 0.25) is 5.91 Å². The summed E-state index contributed by atoms with van der Waals surface area (Å²) >= 11 is 9.47. The minimum absolute atomic E-state index is 0.146. The summed E-state index contributed by atoms with van der Waals surface area (Å²) in [5.41, 5.74) is 2.62. The normalized spacial score (nSPS) is 10.6. The van der Waals surface area contributed by atoms with Crippen LogP contribution in [0.2, 0.25) is 5.02 Å². The lowest BCUT2D eigenvalue weighted by molar-refractivity contribution is -0.120. The Morgan fingerprint density at radius 3 is 2.48 bits per heavy atom. The van der Waals surface area contributed by atoms with Gasteiger partial charge in [0, 0.05) is 34.4 Å². The molecule has 0 saturated heterocycles. The van der Waals surface area contributed by atoms with Crippen LogP contribution in [0.1, 0.15) is 24.0 Å². The molecule has 0 aliphatic heterocycles. The molecule has 25 heavy (non-hydrogen) atoms. The van der Waals surface area contributed by atoms with Crippen molar-refractivity contribution in [2.45, 2.75) is 30.4 Å². The predicted molar refractivity (Wildman–Crippen MR) is 112 cm³/mol. The number of hydrogen-bond acceptors (Lipinski definition) is 3. The van der Waals surface area contributed by atoms with Crippen LogP contribution >= 0.6 is 35.1 Å². The van der Waals surface area contributed by atoms with Crippen molar-refractivity contribution in [3.8, 4) is 0 Å². The summed E-state index contributed by atoms with van der Waals surface area (Å²) in [7, 11) is 0. The smallest absolute Gasteiger partial charge is 0.220 e. The van der Waals surface area contributed by atoms with Gasteiger partial charge in [0.25, 0.3) is 0 Å². The molecule has 0 fully saturated rings. The minimum atomic E-state index is 0.146. The maximum absolute atomic E-state index is 11.8. The Bertz CT molecular complexity index is 644. The van der Waals surface area contributed by atoms with E-state index in [9.17, 15) is 4.79 Å². The van der Waals surface area contributed by atoms with Crippen molar-refractivity contribution >= 4 is 41.0 Å². The summed E-state index contributed by atoms with van der Waals surface area (Å²) in [6, 6.07) is 16.4. The van der Waals surface area contributed by atoms with Crippen LogP contribution in [0.25, 0.3) is 0 Å². The van der Waals surface area contributed by atoms with Crippen LogP contribution in [0.15, 0.2) is 53.4 Å². The van der Waals surface area contributed by atoms with Gasteiger partial charge in [-0.1, -0.05) is 41.4 Å². The van der Waals surface area contributed by atoms with Gasteiger partial charge in [0.15, 0.2) is 0 Å². The van der Waals surface area contributed by atoms with Crippen molar-refractivity contribution in [1.82, 2.24) is 5.32 Å². The van der Waals surface area contributed by atoms with Crippen molar-refractivity contribution in [2.24, 2.45) is 0 Å². The van der Waals surface area contributed by atoms with Crippen LogP contribution in [0.3, 0.4) is 0 Å². The fourth-order valence-corrected chi connectivity index (χ4v) is 3.98. The van der Waals surface area contributed by atoms with Crippen LogP contribution in [-0.2, 0) is 10.5 Å². The zero-order valence-electron chi connectivity index (χ0n) is 14.5. The van der Waals surface area contributed by atoms with Gasteiger partial charge >= 0.3 is 0 Å². The lowest BCUT2D eigenvalue weighted by Crippen LogP contribution is -2.25. The first-order valence-electron chi connectivity index (χ1n) is 8.42. The van der Waals surface area contributed by atoms with Gasteiger partial charge < -0.3 is 5.32 Å². The number of rotatable bonds is 10. The van der Waals surface area contributed by atoms with Crippen LogP contribution in [0.5, 0.6) is 0 Å². The molecule has 134 valence electrons. The van der Waals surface area contributed by atoms with Crippen LogP contribution in [0, 0.1) is 6.92 Å². The predicted octanol–water partition coefficient (Wildman–Crippen LogP) is 5.57. The monoisotopic (exact) mass is 393 g/mol. The molecule has 0 aliphatic carbocycles. The highest BCUT2D eigenvalue weighted by Crippen LogP contribution is 2.21. The number of halogens is 1. The van der Waals surface area contributed by atoms with Gasteiger partial charge in [-0.05, 0) is 48.9 Å². The third-order valence-electron chi connectivity index (χ3n) is 3.59. The average Bonchev–Trinajstić information content (AvgIpc) is 2.61. The fraction of sp³-hybridized carbons (Fsp3) is 0.350. The van der Waals surface area contributed by atoms with E-state index in [0.717, 1.165) is 35.2 Å². The zero-order valence-corrected chi connectivity index (χ0v) is 16.9. The summed E-state index contributed by atoms with van der Waals surface area (Å²) in [6.45, 7) is 2.83. The molecule has 2 nitrogen and oxygen atoms in total. The standard InChI is InChI=1S/C20H24ClNOS2/c1-16-4-6-17(7-5-16)15-24-14-12-22-20(23)3-2-13-25-19-10-8-18(21)9-11-19/h4-11H,2-3,12-15H2,1H3,(H,22,23). The highest BCUT2D eigenvalue weighted by molar-refractivity contribution is 7.99. The number of amides is 1. The van der Waals surface area contributed by atoms with E-state index in [-0.39, 0.29) is 5.91 Å². The molecule has 0 spiro atoms. The average molecular weight is 394 g/mol. The quantitative estimate of drug-likeness (QED) is 0.422. The molecule has 0 saturated carbocycles. The molecule has 0 heterocycles. The lowest BCUT2D eigenvalue weighted by atomic mass is 10.2. The van der Waals surface area contributed by atoms with Crippen molar-refractivity contribution in [1.29, 1.82) is 0 Å². The van der Waals surface area contributed by atoms with Gasteiger partial charge in [0.1, 0.15) is 0 Å². The molecule has 0 unspecified atom stereocenters. The van der Waals surface area contributed by atoms with E-state index in [1.807, 2.05) is 36.0 Å². The van der Waals surface area contributed by atoms with E-state index in [1.165, 1.54) is 16.0 Å². The zero-order chi connectivity index (χ0) is 17.9. The molecule has 2 aromatic rings. The van der Waals surface area contributed by atoms with Crippen LogP contribution < -0.4 is 5.32 Å². The third kappa shape index (κ3) is 8.70. The maximum atomic E-state index is 11.8. The number of carbonyl (C=O) groups is 1. The Labute approximate surface area is 164 Å². The van der Waals surface area contributed by atoms with E-state index < -0.39 is 0 Å². The fourth-order valence-electron chi connectivity index (χ4n) is 2.18. The van der Waals surface area contributed by atoms with Gasteiger partial charge in [-0.2, -0.15) is 11.8 Å². The van der Waals surface area contributed by atoms with Crippen LogP contribution in [-0.4, -0.2) is 24.0 Å². The first-order chi connectivity index (χ1) is 12.1. The molecule has 0 atom stereocenters. The molecule has 1 N–H and O–H groups in total. The number of nitrogens with one attached hydrogen (secondary N) is 1. The number of aryl methyl sites for hydroxylation is 1. The molecule has 2 rings (SSSR count). The molecule has 0 bridgehead atoms. The first-order valence-corrected chi connectivity index (χ1v) is 10.9. The number of thioether (sulfide) groups is 2. The van der Waals surface area contributed by atoms with E-state index in [0.29, 0.717) is 6.42 Å². The Balaban J connectivity index is 1.48. The molecule has 0 radical (unpaired) electrons. The largest absolute Gasteiger partial charge is 0.355 e. The Morgan fingerprint density at radius 1 is 1.04 bits per heavy atom. The number of hydrogen-bond donors (Lipinski definition) is 1.